The zero-order valence-corrected chi connectivity index (χ0v) is 11.7. The van der Waals surface area contributed by atoms with Gasteiger partial charge in [0, 0.05) is 6.54 Å². The maximum atomic E-state index is 13.7. The van der Waals surface area contributed by atoms with Crippen LogP contribution in [-0.4, -0.2) is 32.0 Å². The second-order valence-corrected chi connectivity index (χ2v) is 6.13. The Morgan fingerprint density at radius 2 is 1.81 bits per heavy atom. The highest BCUT2D eigenvalue weighted by atomic mass is 32.2. The lowest BCUT2D eigenvalue weighted by molar-refractivity contribution is -0.136. The molecule has 0 aliphatic rings. The first-order valence-corrected chi connectivity index (χ1v) is 7.25. The highest BCUT2D eigenvalue weighted by Crippen LogP contribution is 2.28. The van der Waals surface area contributed by atoms with Crippen LogP contribution in [0.3, 0.4) is 0 Å². The molecule has 1 aromatic rings. The van der Waals surface area contributed by atoms with Crippen molar-refractivity contribution in [2.24, 2.45) is 0 Å². The summed E-state index contributed by atoms with van der Waals surface area (Å²) < 4.78 is 88.3. The summed E-state index contributed by atoms with van der Waals surface area (Å²) in [6, 6.07) is 1.14. The van der Waals surface area contributed by atoms with Crippen molar-refractivity contribution in [3.63, 3.8) is 0 Å². The minimum atomic E-state index is -4.79. The molecule has 0 aromatic heterocycles. The molecule has 0 heterocycles. The first kappa shape index (κ1) is 17.6. The molecule has 1 aromatic carbocycles. The van der Waals surface area contributed by atoms with Crippen LogP contribution < -0.4 is 5.73 Å². The highest BCUT2D eigenvalue weighted by Gasteiger charge is 2.38. The molecule has 10 heteroatoms. The van der Waals surface area contributed by atoms with Gasteiger partial charge in [-0.3, -0.25) is 0 Å². The third kappa shape index (κ3) is 4.03. The van der Waals surface area contributed by atoms with E-state index >= 15 is 0 Å². The van der Waals surface area contributed by atoms with Gasteiger partial charge < -0.3 is 5.73 Å². The molecular weight excluding hydrogens is 319 g/mol. The van der Waals surface area contributed by atoms with E-state index in [1.807, 2.05) is 0 Å². The van der Waals surface area contributed by atoms with Crippen LogP contribution in [-0.2, 0) is 10.0 Å². The predicted molar refractivity (Wildman–Crippen MR) is 65.9 cm³/mol. The Balaban J connectivity index is 3.33. The molecule has 0 bridgehead atoms. The van der Waals surface area contributed by atoms with Crippen LogP contribution in [0.4, 0.5) is 27.6 Å². The van der Waals surface area contributed by atoms with E-state index in [-0.39, 0.29) is 10.7 Å². The van der Waals surface area contributed by atoms with Crippen LogP contribution >= 0.6 is 0 Å². The van der Waals surface area contributed by atoms with Crippen molar-refractivity contribution >= 4 is 15.7 Å². The quantitative estimate of drug-likeness (QED) is 0.666. The zero-order valence-electron chi connectivity index (χ0n) is 10.9. The minimum absolute atomic E-state index is 0.0861. The third-order valence-corrected chi connectivity index (χ3v) is 4.40. The molecule has 0 aliphatic carbocycles. The molecule has 0 radical (unpaired) electrons. The van der Waals surface area contributed by atoms with Gasteiger partial charge in [0.1, 0.15) is 22.9 Å². The molecule has 21 heavy (non-hydrogen) atoms. The van der Waals surface area contributed by atoms with E-state index in [9.17, 15) is 30.4 Å². The summed E-state index contributed by atoms with van der Waals surface area (Å²) in [6.45, 7) is -0.757. The molecule has 4 nitrogen and oxygen atoms in total. The minimum Gasteiger partial charge on any atom is -0.394 e. The summed E-state index contributed by atoms with van der Waals surface area (Å²) in [5, 5.41) is 0. The van der Waals surface area contributed by atoms with Crippen molar-refractivity contribution in [2.45, 2.75) is 24.4 Å². The summed E-state index contributed by atoms with van der Waals surface area (Å²) in [4.78, 5) is -1.08. The first-order valence-electron chi connectivity index (χ1n) is 5.81. The highest BCUT2D eigenvalue weighted by molar-refractivity contribution is 7.89. The zero-order chi connectivity index (χ0) is 16.4. The molecular formula is C11H13F5N2O2S. The van der Waals surface area contributed by atoms with Gasteiger partial charge in [-0.15, -0.1) is 0 Å². The lowest BCUT2D eigenvalue weighted by Crippen LogP contribution is -2.39. The molecule has 0 unspecified atom stereocenters. The third-order valence-electron chi connectivity index (χ3n) is 2.54. The lowest BCUT2D eigenvalue weighted by atomic mass is 10.3. The molecule has 0 spiro atoms. The van der Waals surface area contributed by atoms with Crippen molar-refractivity contribution in [1.29, 1.82) is 0 Å². The van der Waals surface area contributed by atoms with Gasteiger partial charge in [0.05, 0.1) is 0 Å². The number of anilines is 1. The Hall–Kier alpha value is -1.42. The average molecular weight is 332 g/mol. The number of halogens is 5. The Morgan fingerprint density at radius 3 is 2.29 bits per heavy atom. The normalized spacial score (nSPS) is 12.9. The number of nitrogens with two attached hydrogens (primary N) is 1. The molecule has 0 saturated heterocycles. The molecule has 0 aliphatic heterocycles. The number of nitrogen functional groups attached to an aromatic ring is 1. The fraction of sp³-hybridized carbons (Fsp3) is 0.455. The van der Waals surface area contributed by atoms with Crippen molar-refractivity contribution in [1.82, 2.24) is 4.31 Å². The van der Waals surface area contributed by atoms with E-state index < -0.39 is 51.5 Å². The Bertz CT molecular complexity index is 616. The van der Waals surface area contributed by atoms with E-state index in [1.165, 1.54) is 6.92 Å². The van der Waals surface area contributed by atoms with Gasteiger partial charge >= 0.3 is 6.18 Å². The summed E-state index contributed by atoms with van der Waals surface area (Å²) in [7, 11) is -4.77. The number of hydrogen-bond acceptors (Lipinski definition) is 3. The van der Waals surface area contributed by atoms with E-state index in [0.717, 1.165) is 0 Å². The number of sulfonamides is 1. The second-order valence-electron chi connectivity index (χ2n) is 4.23. The fourth-order valence-electron chi connectivity index (χ4n) is 1.62. The predicted octanol–water partition coefficient (Wildman–Crippen LogP) is 2.51. The second kappa shape index (κ2) is 6.14. The smallest absolute Gasteiger partial charge is 0.394 e. The maximum Gasteiger partial charge on any atom is 0.402 e. The van der Waals surface area contributed by atoms with Gasteiger partial charge in [-0.2, -0.15) is 17.5 Å². The number of hydrogen-bond donors (Lipinski definition) is 1. The van der Waals surface area contributed by atoms with Crippen LogP contribution in [0.15, 0.2) is 17.0 Å². The molecule has 0 saturated carbocycles. The van der Waals surface area contributed by atoms with Crippen LogP contribution in [0, 0.1) is 11.6 Å². The SMILES string of the molecule is CCCN(CC(F)(F)F)S(=O)(=O)c1ccc(F)c(N)c1F. The molecule has 1 rings (SSSR count). The molecule has 120 valence electrons. The van der Waals surface area contributed by atoms with Crippen LogP contribution in [0.1, 0.15) is 13.3 Å². The first-order chi connectivity index (χ1) is 9.50. The Morgan fingerprint density at radius 1 is 1.24 bits per heavy atom. The van der Waals surface area contributed by atoms with Gasteiger partial charge in [-0.05, 0) is 18.6 Å². The molecule has 0 fully saturated rings. The van der Waals surface area contributed by atoms with Gasteiger partial charge in [-0.25, -0.2) is 17.2 Å². The van der Waals surface area contributed by atoms with Gasteiger partial charge in [0.25, 0.3) is 0 Å². The number of alkyl halides is 3. The summed E-state index contributed by atoms with van der Waals surface area (Å²) in [6.07, 6.45) is -4.70. The number of rotatable bonds is 5. The van der Waals surface area contributed by atoms with E-state index in [4.69, 9.17) is 5.73 Å². The molecule has 0 amide bonds. The van der Waals surface area contributed by atoms with Gasteiger partial charge in [0.2, 0.25) is 10.0 Å². The number of nitrogens with zero attached hydrogens (tertiary/aromatic N) is 1. The topological polar surface area (TPSA) is 63.4 Å². The van der Waals surface area contributed by atoms with Crippen LogP contribution in [0.2, 0.25) is 0 Å². The van der Waals surface area contributed by atoms with Gasteiger partial charge in [-0.1, -0.05) is 6.92 Å². The maximum absolute atomic E-state index is 13.7. The fourth-order valence-corrected chi connectivity index (χ4v) is 3.22. The Kier molecular flexibility index (Phi) is 5.16. The summed E-state index contributed by atoms with van der Waals surface area (Å²) in [5.74, 6) is -2.79. The lowest BCUT2D eigenvalue weighted by Gasteiger charge is -2.23. The van der Waals surface area contributed by atoms with Crippen LogP contribution in [0.25, 0.3) is 0 Å². The van der Waals surface area contributed by atoms with E-state index in [0.29, 0.717) is 12.1 Å². The van der Waals surface area contributed by atoms with Crippen molar-refractivity contribution in [2.75, 3.05) is 18.8 Å². The van der Waals surface area contributed by atoms with Crippen molar-refractivity contribution < 1.29 is 30.4 Å². The average Bonchev–Trinajstić information content (AvgIpc) is 2.33. The van der Waals surface area contributed by atoms with E-state index in [1.54, 1.807) is 0 Å². The molecule has 0 atom stereocenters. The van der Waals surface area contributed by atoms with E-state index in [2.05, 4.69) is 0 Å². The largest absolute Gasteiger partial charge is 0.402 e. The summed E-state index contributed by atoms with van der Waals surface area (Å²) >= 11 is 0. The summed E-state index contributed by atoms with van der Waals surface area (Å²) in [5.41, 5.74) is 3.97. The monoisotopic (exact) mass is 332 g/mol. The van der Waals surface area contributed by atoms with Crippen LogP contribution in [0.5, 0.6) is 0 Å². The number of benzene rings is 1. The Labute approximate surface area is 118 Å². The van der Waals surface area contributed by atoms with Crippen molar-refractivity contribution in [3.05, 3.63) is 23.8 Å². The van der Waals surface area contributed by atoms with Crippen molar-refractivity contribution in [3.8, 4) is 0 Å². The van der Waals surface area contributed by atoms with Gasteiger partial charge in [0.15, 0.2) is 5.82 Å². The standard InChI is InChI=1S/C11H13F5N2O2S/c1-2-5-18(6-11(14,15)16)21(19,20)8-4-3-7(12)10(17)9(8)13/h3-4H,2,5-6,17H2,1H3. The molecule has 2 N–H and O–H groups in total.